The molecule has 1 aliphatic heterocycles. The highest BCUT2D eigenvalue weighted by molar-refractivity contribution is 5.61. The number of rotatable bonds is 3. The molecule has 1 saturated heterocycles. The van der Waals surface area contributed by atoms with Gasteiger partial charge in [0.2, 0.25) is 0 Å². The van der Waals surface area contributed by atoms with Gasteiger partial charge in [-0.1, -0.05) is 6.07 Å². The predicted molar refractivity (Wildman–Crippen MR) is 99.4 cm³/mol. The van der Waals surface area contributed by atoms with E-state index in [1.54, 1.807) is 23.0 Å². The summed E-state index contributed by atoms with van der Waals surface area (Å²) in [7, 11) is 0. The molecule has 3 heterocycles. The molecule has 1 fully saturated rings. The summed E-state index contributed by atoms with van der Waals surface area (Å²) < 4.78 is 16.0. The minimum absolute atomic E-state index is 0.360. The van der Waals surface area contributed by atoms with E-state index in [0.717, 1.165) is 5.82 Å². The van der Waals surface area contributed by atoms with Crippen LogP contribution in [0.15, 0.2) is 42.7 Å². The van der Waals surface area contributed by atoms with Crippen LogP contribution < -0.4 is 9.80 Å². The molecule has 0 aliphatic carbocycles. The minimum atomic E-state index is -0.360. The van der Waals surface area contributed by atoms with Crippen molar-refractivity contribution in [2.45, 2.75) is 6.92 Å². The summed E-state index contributed by atoms with van der Waals surface area (Å²) in [6.07, 6.45) is 3.54. The summed E-state index contributed by atoms with van der Waals surface area (Å²) >= 11 is 0. The predicted octanol–water partition coefficient (Wildman–Crippen LogP) is 2.31. The molecule has 0 radical (unpaired) electrons. The number of benzene rings is 1. The van der Waals surface area contributed by atoms with Crippen molar-refractivity contribution >= 4 is 11.5 Å². The highest BCUT2D eigenvalue weighted by atomic mass is 19.1. The molecule has 7 nitrogen and oxygen atoms in total. The molecular weight excluding hydrogens is 345 g/mol. The molecule has 0 bridgehead atoms. The van der Waals surface area contributed by atoms with Gasteiger partial charge < -0.3 is 9.80 Å². The van der Waals surface area contributed by atoms with Crippen molar-refractivity contribution < 1.29 is 4.39 Å². The Morgan fingerprint density at radius 3 is 2.48 bits per heavy atom. The van der Waals surface area contributed by atoms with Crippen LogP contribution in [-0.2, 0) is 0 Å². The van der Waals surface area contributed by atoms with Gasteiger partial charge in [0.25, 0.3) is 0 Å². The fraction of sp³-hybridized carbons (Fsp3) is 0.263. The summed E-state index contributed by atoms with van der Waals surface area (Å²) in [6, 6.07) is 10.4. The first kappa shape index (κ1) is 17.0. The molecule has 0 atom stereocenters. The molecule has 3 aromatic rings. The van der Waals surface area contributed by atoms with E-state index in [0.29, 0.717) is 49.1 Å². The third-order valence-electron chi connectivity index (χ3n) is 4.58. The SMILES string of the molecule is Cc1nc(N2CCN(c3c(F)cccc3C#N)CC2)cc(-n2cccn2)n1. The van der Waals surface area contributed by atoms with Crippen LogP contribution >= 0.6 is 0 Å². The molecule has 0 N–H and O–H groups in total. The number of piperazine rings is 1. The number of hydrogen-bond donors (Lipinski definition) is 0. The third kappa shape index (κ3) is 3.31. The quantitative estimate of drug-likeness (QED) is 0.711. The Morgan fingerprint density at radius 2 is 1.78 bits per heavy atom. The smallest absolute Gasteiger partial charge is 0.159 e. The van der Waals surface area contributed by atoms with Crippen molar-refractivity contribution in [3.8, 4) is 11.9 Å². The molecule has 8 heteroatoms. The summed E-state index contributed by atoms with van der Waals surface area (Å²) in [5.41, 5.74) is 0.748. The minimum Gasteiger partial charge on any atom is -0.365 e. The second-order valence-electron chi connectivity index (χ2n) is 6.30. The van der Waals surface area contributed by atoms with Gasteiger partial charge in [-0.3, -0.25) is 0 Å². The van der Waals surface area contributed by atoms with Crippen LogP contribution in [-0.4, -0.2) is 45.9 Å². The fourth-order valence-corrected chi connectivity index (χ4v) is 3.31. The van der Waals surface area contributed by atoms with Gasteiger partial charge in [0.1, 0.15) is 23.5 Å². The number of halogens is 1. The lowest BCUT2D eigenvalue weighted by molar-refractivity contribution is 0.595. The molecule has 2 aromatic heterocycles. The second-order valence-corrected chi connectivity index (χ2v) is 6.30. The lowest BCUT2D eigenvalue weighted by atomic mass is 10.1. The molecule has 0 unspecified atom stereocenters. The van der Waals surface area contributed by atoms with E-state index in [1.807, 2.05) is 30.2 Å². The Kier molecular flexibility index (Phi) is 4.42. The maximum Gasteiger partial charge on any atom is 0.159 e. The van der Waals surface area contributed by atoms with E-state index in [-0.39, 0.29) is 5.82 Å². The topological polar surface area (TPSA) is 73.9 Å². The highest BCUT2D eigenvalue weighted by Crippen LogP contribution is 2.26. The maximum atomic E-state index is 14.3. The standard InChI is InChI=1S/C19H18FN7/c1-14-23-17(12-18(24-14)27-7-3-6-22-27)25-8-10-26(11-9-25)19-15(13-21)4-2-5-16(19)20/h2-7,12H,8-11H2,1H3. The monoisotopic (exact) mass is 363 g/mol. The van der Waals surface area contributed by atoms with Crippen molar-refractivity contribution in [3.05, 3.63) is 59.9 Å². The largest absolute Gasteiger partial charge is 0.365 e. The van der Waals surface area contributed by atoms with Crippen molar-refractivity contribution in [3.63, 3.8) is 0 Å². The first-order valence-corrected chi connectivity index (χ1v) is 8.70. The van der Waals surface area contributed by atoms with Crippen molar-refractivity contribution in [1.82, 2.24) is 19.7 Å². The van der Waals surface area contributed by atoms with Gasteiger partial charge in [0.15, 0.2) is 5.82 Å². The molecule has 1 aliphatic rings. The van der Waals surface area contributed by atoms with Crippen LogP contribution in [0.2, 0.25) is 0 Å². The number of aromatic nitrogens is 4. The normalized spacial score (nSPS) is 14.3. The van der Waals surface area contributed by atoms with Gasteiger partial charge in [0, 0.05) is 44.6 Å². The number of para-hydroxylation sites is 1. The zero-order valence-corrected chi connectivity index (χ0v) is 14.9. The molecule has 1 aromatic carbocycles. The van der Waals surface area contributed by atoms with E-state index in [9.17, 15) is 9.65 Å². The zero-order chi connectivity index (χ0) is 18.8. The van der Waals surface area contributed by atoms with Gasteiger partial charge in [-0.2, -0.15) is 10.4 Å². The van der Waals surface area contributed by atoms with Crippen molar-refractivity contribution in [2.75, 3.05) is 36.0 Å². The highest BCUT2D eigenvalue weighted by Gasteiger charge is 2.23. The summed E-state index contributed by atoms with van der Waals surface area (Å²) in [6.45, 7) is 4.42. The summed E-state index contributed by atoms with van der Waals surface area (Å²) in [5.74, 6) is 1.84. The maximum absolute atomic E-state index is 14.3. The first-order valence-electron chi connectivity index (χ1n) is 8.70. The number of nitrogens with zero attached hydrogens (tertiary/aromatic N) is 7. The molecule has 27 heavy (non-hydrogen) atoms. The number of nitriles is 1. The van der Waals surface area contributed by atoms with Crippen molar-refractivity contribution in [2.24, 2.45) is 0 Å². The Morgan fingerprint density at radius 1 is 1.04 bits per heavy atom. The van der Waals surface area contributed by atoms with Crippen LogP contribution in [0.1, 0.15) is 11.4 Å². The van der Waals surface area contributed by atoms with Gasteiger partial charge >= 0.3 is 0 Å². The summed E-state index contributed by atoms with van der Waals surface area (Å²) in [4.78, 5) is 13.0. The fourth-order valence-electron chi connectivity index (χ4n) is 3.31. The molecule has 0 spiro atoms. The van der Waals surface area contributed by atoms with Crippen LogP contribution in [0.3, 0.4) is 0 Å². The van der Waals surface area contributed by atoms with Gasteiger partial charge in [0.05, 0.1) is 11.3 Å². The van der Waals surface area contributed by atoms with Crippen LogP contribution in [0.5, 0.6) is 0 Å². The lowest BCUT2D eigenvalue weighted by Crippen LogP contribution is -2.47. The molecular formula is C19H18FN7. The van der Waals surface area contributed by atoms with Crippen LogP contribution in [0.4, 0.5) is 15.9 Å². The van der Waals surface area contributed by atoms with E-state index in [2.05, 4.69) is 26.0 Å². The zero-order valence-electron chi connectivity index (χ0n) is 14.9. The van der Waals surface area contributed by atoms with E-state index >= 15 is 0 Å². The average Bonchev–Trinajstić information content (AvgIpc) is 3.22. The third-order valence-corrected chi connectivity index (χ3v) is 4.58. The number of aryl methyl sites for hydroxylation is 1. The molecule has 136 valence electrons. The first-order chi connectivity index (χ1) is 13.2. The summed E-state index contributed by atoms with van der Waals surface area (Å²) in [5, 5.41) is 13.5. The number of hydrogen-bond acceptors (Lipinski definition) is 6. The van der Waals surface area contributed by atoms with E-state index in [4.69, 9.17) is 0 Å². The van der Waals surface area contributed by atoms with Gasteiger partial charge in [-0.15, -0.1) is 0 Å². The lowest BCUT2D eigenvalue weighted by Gasteiger charge is -2.37. The Hall–Kier alpha value is -3.47. The Balaban J connectivity index is 1.55. The van der Waals surface area contributed by atoms with Crippen LogP contribution in [0.25, 0.3) is 5.82 Å². The van der Waals surface area contributed by atoms with Crippen LogP contribution in [0, 0.1) is 24.1 Å². The van der Waals surface area contributed by atoms with E-state index in [1.165, 1.54) is 6.07 Å². The van der Waals surface area contributed by atoms with Gasteiger partial charge in [-0.25, -0.2) is 19.0 Å². The molecule has 0 amide bonds. The second kappa shape index (κ2) is 7.03. The Bertz CT molecular complexity index is 986. The Labute approximate surface area is 156 Å². The molecule has 0 saturated carbocycles. The van der Waals surface area contributed by atoms with Crippen molar-refractivity contribution in [1.29, 1.82) is 5.26 Å². The van der Waals surface area contributed by atoms with E-state index < -0.39 is 0 Å². The molecule has 4 rings (SSSR count). The number of anilines is 2. The average molecular weight is 363 g/mol. The van der Waals surface area contributed by atoms with Gasteiger partial charge in [-0.05, 0) is 25.1 Å².